The first kappa shape index (κ1) is 19.6. The standard InChI is InChI=1S/C19H25NO4/c1-14(8-9-18(20)21)13-24-17-11-15(2)10-16(12-17)6-4-3-5-7-19(22)23/h10-12,14H,3,5,7-9,13H2,1-2H3,(H2,20,21)(H,22,23)/t14-/m0/s1. The molecule has 0 aromatic heterocycles. The fourth-order valence-corrected chi connectivity index (χ4v) is 2.11. The van der Waals surface area contributed by atoms with Gasteiger partial charge in [0, 0.05) is 24.8 Å². The van der Waals surface area contributed by atoms with Gasteiger partial charge in [-0.2, -0.15) is 0 Å². The highest BCUT2D eigenvalue weighted by atomic mass is 16.5. The Morgan fingerprint density at radius 2 is 2.04 bits per heavy atom. The molecule has 5 nitrogen and oxygen atoms in total. The zero-order chi connectivity index (χ0) is 17.9. The van der Waals surface area contributed by atoms with Gasteiger partial charge in [-0.1, -0.05) is 18.8 Å². The van der Waals surface area contributed by atoms with Gasteiger partial charge in [0.2, 0.25) is 5.91 Å². The van der Waals surface area contributed by atoms with Crippen LogP contribution in [-0.4, -0.2) is 23.6 Å². The Morgan fingerprint density at radius 1 is 1.29 bits per heavy atom. The van der Waals surface area contributed by atoms with Crippen LogP contribution >= 0.6 is 0 Å². The number of rotatable bonds is 9. The Morgan fingerprint density at radius 3 is 2.71 bits per heavy atom. The number of carboxylic acid groups (broad SMARTS) is 1. The maximum absolute atomic E-state index is 10.8. The lowest BCUT2D eigenvalue weighted by molar-refractivity contribution is -0.137. The van der Waals surface area contributed by atoms with Gasteiger partial charge in [0.1, 0.15) is 5.75 Å². The van der Waals surface area contributed by atoms with Crippen molar-refractivity contribution in [2.24, 2.45) is 11.7 Å². The van der Waals surface area contributed by atoms with Gasteiger partial charge in [0.25, 0.3) is 0 Å². The number of aliphatic carboxylic acids is 1. The number of carbonyl (C=O) groups excluding carboxylic acids is 1. The van der Waals surface area contributed by atoms with Crippen molar-refractivity contribution in [2.75, 3.05) is 6.61 Å². The monoisotopic (exact) mass is 331 g/mol. The Bertz CT molecular complexity index is 628. The van der Waals surface area contributed by atoms with Crippen LogP contribution < -0.4 is 10.5 Å². The molecule has 1 rings (SSSR count). The van der Waals surface area contributed by atoms with Crippen molar-refractivity contribution in [3.63, 3.8) is 0 Å². The highest BCUT2D eigenvalue weighted by Crippen LogP contribution is 2.18. The first-order valence-electron chi connectivity index (χ1n) is 8.10. The number of ether oxygens (including phenoxy) is 1. The molecule has 0 saturated heterocycles. The highest BCUT2D eigenvalue weighted by Gasteiger charge is 2.06. The number of amides is 1. The van der Waals surface area contributed by atoms with E-state index in [2.05, 4.69) is 11.8 Å². The molecule has 0 aliphatic rings. The SMILES string of the molecule is Cc1cc(C#CCCCC(=O)O)cc(OC[C@@H](C)CCC(N)=O)c1. The van der Waals surface area contributed by atoms with E-state index in [4.69, 9.17) is 15.6 Å². The van der Waals surface area contributed by atoms with E-state index in [1.54, 1.807) is 0 Å². The lowest BCUT2D eigenvalue weighted by Gasteiger charge is -2.13. The van der Waals surface area contributed by atoms with Crippen LogP contribution in [0.1, 0.15) is 50.2 Å². The summed E-state index contributed by atoms with van der Waals surface area (Å²) < 4.78 is 5.78. The molecule has 0 bridgehead atoms. The zero-order valence-corrected chi connectivity index (χ0v) is 14.3. The van der Waals surface area contributed by atoms with Gasteiger partial charge in [0.05, 0.1) is 6.61 Å². The lowest BCUT2D eigenvalue weighted by atomic mass is 10.1. The topological polar surface area (TPSA) is 89.6 Å². The molecule has 0 aliphatic heterocycles. The molecule has 0 radical (unpaired) electrons. The predicted octanol–water partition coefficient (Wildman–Crippen LogP) is 2.88. The van der Waals surface area contributed by atoms with Crippen molar-refractivity contribution in [3.8, 4) is 17.6 Å². The van der Waals surface area contributed by atoms with Crippen molar-refractivity contribution >= 4 is 11.9 Å². The van der Waals surface area contributed by atoms with E-state index in [9.17, 15) is 9.59 Å². The molecule has 24 heavy (non-hydrogen) atoms. The Kier molecular flexibility index (Phi) is 8.42. The number of carboxylic acids is 1. The first-order chi connectivity index (χ1) is 11.4. The maximum Gasteiger partial charge on any atom is 0.303 e. The Labute approximate surface area is 143 Å². The molecule has 1 aromatic carbocycles. The van der Waals surface area contributed by atoms with Gasteiger partial charge >= 0.3 is 5.97 Å². The summed E-state index contributed by atoms with van der Waals surface area (Å²) in [5.41, 5.74) is 7.04. The third-order valence-corrected chi connectivity index (χ3v) is 3.39. The molecular formula is C19H25NO4. The van der Waals surface area contributed by atoms with Gasteiger partial charge < -0.3 is 15.6 Å². The third kappa shape index (κ3) is 8.84. The minimum absolute atomic E-state index is 0.139. The molecule has 0 fully saturated rings. The largest absolute Gasteiger partial charge is 0.493 e. The second-order valence-electron chi connectivity index (χ2n) is 6.00. The molecule has 1 atom stereocenters. The second-order valence-corrected chi connectivity index (χ2v) is 6.00. The minimum atomic E-state index is -0.798. The molecule has 0 spiro atoms. The molecule has 3 N–H and O–H groups in total. The molecule has 0 heterocycles. The molecule has 1 aromatic rings. The van der Waals surface area contributed by atoms with Crippen LogP contribution in [-0.2, 0) is 9.59 Å². The summed E-state index contributed by atoms with van der Waals surface area (Å²) in [5, 5.41) is 8.58. The zero-order valence-electron chi connectivity index (χ0n) is 14.3. The second kappa shape index (κ2) is 10.3. The number of unbranched alkanes of at least 4 members (excludes halogenated alkanes) is 1. The summed E-state index contributed by atoms with van der Waals surface area (Å²) in [6.07, 6.45) is 2.32. The number of hydrogen-bond acceptors (Lipinski definition) is 3. The highest BCUT2D eigenvalue weighted by molar-refractivity contribution is 5.73. The summed E-state index contributed by atoms with van der Waals surface area (Å²) in [5.74, 6) is 5.93. The third-order valence-electron chi connectivity index (χ3n) is 3.39. The Balaban J connectivity index is 2.55. The van der Waals surface area contributed by atoms with E-state index in [0.29, 0.717) is 32.3 Å². The van der Waals surface area contributed by atoms with E-state index in [1.165, 1.54) is 0 Å². The Hall–Kier alpha value is -2.48. The van der Waals surface area contributed by atoms with E-state index in [1.807, 2.05) is 32.0 Å². The molecular weight excluding hydrogens is 306 g/mol. The maximum atomic E-state index is 10.8. The number of aryl methyl sites for hydroxylation is 1. The van der Waals surface area contributed by atoms with Crippen molar-refractivity contribution in [2.45, 2.75) is 46.0 Å². The summed E-state index contributed by atoms with van der Waals surface area (Å²) >= 11 is 0. The summed E-state index contributed by atoms with van der Waals surface area (Å²) in [6, 6.07) is 5.78. The quantitative estimate of drug-likeness (QED) is 0.538. The van der Waals surface area contributed by atoms with Crippen molar-refractivity contribution in [3.05, 3.63) is 29.3 Å². The number of benzene rings is 1. The van der Waals surface area contributed by atoms with Crippen LogP contribution in [0.15, 0.2) is 18.2 Å². The molecule has 1 amide bonds. The molecule has 130 valence electrons. The van der Waals surface area contributed by atoms with Gasteiger partial charge in [-0.3, -0.25) is 9.59 Å². The summed E-state index contributed by atoms with van der Waals surface area (Å²) in [4.78, 5) is 21.2. The minimum Gasteiger partial charge on any atom is -0.493 e. The summed E-state index contributed by atoms with van der Waals surface area (Å²) in [6.45, 7) is 4.50. The lowest BCUT2D eigenvalue weighted by Crippen LogP contribution is -2.15. The van der Waals surface area contributed by atoms with E-state index in [-0.39, 0.29) is 18.2 Å². The molecule has 0 unspecified atom stereocenters. The smallest absolute Gasteiger partial charge is 0.303 e. The van der Waals surface area contributed by atoms with Crippen molar-refractivity contribution in [1.82, 2.24) is 0 Å². The van der Waals surface area contributed by atoms with Gasteiger partial charge in [-0.15, -0.1) is 0 Å². The van der Waals surface area contributed by atoms with Crippen LogP contribution in [0.25, 0.3) is 0 Å². The number of nitrogens with two attached hydrogens (primary N) is 1. The van der Waals surface area contributed by atoms with Crippen LogP contribution in [0.2, 0.25) is 0 Å². The normalized spacial score (nSPS) is 11.2. The number of primary amides is 1. The first-order valence-corrected chi connectivity index (χ1v) is 8.10. The van der Waals surface area contributed by atoms with Crippen molar-refractivity contribution < 1.29 is 19.4 Å². The van der Waals surface area contributed by atoms with Crippen molar-refractivity contribution in [1.29, 1.82) is 0 Å². The fraction of sp³-hybridized carbons (Fsp3) is 0.474. The van der Waals surface area contributed by atoms with E-state index in [0.717, 1.165) is 16.9 Å². The van der Waals surface area contributed by atoms with E-state index >= 15 is 0 Å². The van der Waals surface area contributed by atoms with Gasteiger partial charge in [-0.05, 0) is 49.4 Å². The van der Waals surface area contributed by atoms with Crippen LogP contribution in [0.3, 0.4) is 0 Å². The number of hydrogen-bond donors (Lipinski definition) is 2. The van der Waals surface area contributed by atoms with Crippen LogP contribution in [0.4, 0.5) is 0 Å². The molecule has 5 heteroatoms. The number of carbonyl (C=O) groups is 2. The molecule has 0 aliphatic carbocycles. The van der Waals surface area contributed by atoms with Crippen LogP contribution in [0, 0.1) is 24.7 Å². The molecule has 0 saturated carbocycles. The van der Waals surface area contributed by atoms with Gasteiger partial charge in [0.15, 0.2) is 0 Å². The fourth-order valence-electron chi connectivity index (χ4n) is 2.11. The predicted molar refractivity (Wildman–Crippen MR) is 92.6 cm³/mol. The van der Waals surface area contributed by atoms with E-state index < -0.39 is 5.97 Å². The van der Waals surface area contributed by atoms with Gasteiger partial charge in [-0.25, -0.2) is 0 Å². The average molecular weight is 331 g/mol. The average Bonchev–Trinajstić information content (AvgIpc) is 2.49. The summed E-state index contributed by atoms with van der Waals surface area (Å²) in [7, 11) is 0. The van der Waals surface area contributed by atoms with Crippen LogP contribution in [0.5, 0.6) is 5.75 Å².